The molecule has 2 amide bonds. The molecule has 2 aromatic heterocycles. The van der Waals surface area contributed by atoms with Crippen LogP contribution in [0.1, 0.15) is 31.1 Å². The summed E-state index contributed by atoms with van der Waals surface area (Å²) < 4.78 is 57.7. The Hall–Kier alpha value is -5.20. The van der Waals surface area contributed by atoms with Crippen molar-refractivity contribution in [2.45, 2.75) is 26.4 Å². The number of hydrogen-bond donors (Lipinski definition) is 1. The molecule has 4 rings (SSSR count). The average molecular weight is 611 g/mol. The number of carbonyl (C=O) groups is 2. The molecule has 0 saturated heterocycles. The second-order valence-corrected chi connectivity index (χ2v) is 10.5. The molecule has 2 heterocycles. The number of aromatic nitrogens is 2. The number of fused-ring (bicyclic) bond motifs is 1. The van der Waals surface area contributed by atoms with Gasteiger partial charge in [-0.25, -0.2) is 13.6 Å². The third-order valence-corrected chi connectivity index (χ3v) is 6.09. The predicted octanol–water partition coefficient (Wildman–Crippen LogP) is 6.22. The minimum atomic E-state index is -1.05. The van der Waals surface area contributed by atoms with Crippen molar-refractivity contribution in [2.75, 3.05) is 39.7 Å². The number of halogens is 2. The van der Waals surface area contributed by atoms with E-state index in [4.69, 9.17) is 23.7 Å². The second kappa shape index (κ2) is 13.4. The van der Waals surface area contributed by atoms with Gasteiger partial charge in [-0.2, -0.15) is 0 Å². The first-order valence-electron chi connectivity index (χ1n) is 13.4. The van der Waals surface area contributed by atoms with Gasteiger partial charge in [0.25, 0.3) is 5.91 Å². The van der Waals surface area contributed by atoms with Crippen LogP contribution >= 0.6 is 0 Å². The maximum absolute atomic E-state index is 15.1. The zero-order chi connectivity index (χ0) is 32.0. The lowest BCUT2D eigenvalue weighted by molar-refractivity contribution is 0.0278. The van der Waals surface area contributed by atoms with Gasteiger partial charge in [0.05, 0.1) is 31.8 Å². The Morgan fingerprint density at radius 1 is 0.932 bits per heavy atom. The lowest BCUT2D eigenvalue weighted by Crippen LogP contribution is -2.36. The number of carbonyl (C=O) groups excluding carboxylic acids is 2. The number of nitrogens with zero attached hydrogens (tertiary/aromatic N) is 3. The zero-order valence-corrected chi connectivity index (χ0v) is 25.1. The molecule has 4 aromatic rings. The van der Waals surface area contributed by atoms with Crippen LogP contribution in [0.25, 0.3) is 10.9 Å². The molecule has 2 aromatic carbocycles. The quantitative estimate of drug-likeness (QED) is 0.223. The molecule has 1 N–H and O–H groups in total. The van der Waals surface area contributed by atoms with Crippen molar-refractivity contribution in [1.82, 2.24) is 14.9 Å². The van der Waals surface area contributed by atoms with Crippen molar-refractivity contribution in [1.29, 1.82) is 0 Å². The standard InChI is InChI=1S/C31H32F2N4O7/c1-31(2,3)44-30(39)37(4)11-12-42-27-16-23-19(15-26(27)41-6)25(8-10-35-23)43-28-21(32)13-18(14-22(28)33)36-29(38)20-17-34-9-7-24(20)40-5/h7-10,13-17H,11-12H2,1-6H3,(H,36,38). The van der Waals surface area contributed by atoms with Crippen LogP contribution in [-0.4, -0.2) is 66.9 Å². The van der Waals surface area contributed by atoms with Crippen LogP contribution in [0.3, 0.4) is 0 Å². The summed E-state index contributed by atoms with van der Waals surface area (Å²) in [6, 6.07) is 7.96. The molecule has 0 atom stereocenters. The minimum Gasteiger partial charge on any atom is -0.496 e. The van der Waals surface area contributed by atoms with Gasteiger partial charge in [0, 0.05) is 54.9 Å². The fourth-order valence-electron chi connectivity index (χ4n) is 3.98. The Labute approximate surface area is 252 Å². The van der Waals surface area contributed by atoms with E-state index in [9.17, 15) is 9.59 Å². The summed E-state index contributed by atoms with van der Waals surface area (Å²) in [5.41, 5.74) is -0.276. The number of likely N-dealkylation sites (N-methyl/N-ethyl adjacent to an activating group) is 1. The molecule has 0 saturated carbocycles. The third-order valence-electron chi connectivity index (χ3n) is 6.09. The first kappa shape index (κ1) is 31.7. The van der Waals surface area contributed by atoms with Crippen LogP contribution in [0.2, 0.25) is 0 Å². The van der Waals surface area contributed by atoms with E-state index in [1.165, 1.54) is 49.8 Å². The van der Waals surface area contributed by atoms with Crippen LogP contribution in [0.15, 0.2) is 55.0 Å². The number of ether oxygens (including phenoxy) is 5. The normalized spacial score (nSPS) is 11.1. The number of rotatable bonds is 10. The predicted molar refractivity (Wildman–Crippen MR) is 158 cm³/mol. The van der Waals surface area contributed by atoms with Crippen LogP contribution in [-0.2, 0) is 4.74 Å². The summed E-state index contributed by atoms with van der Waals surface area (Å²) in [6.07, 6.45) is 3.65. The van der Waals surface area contributed by atoms with Crippen molar-refractivity contribution in [3.05, 3.63) is 72.2 Å². The van der Waals surface area contributed by atoms with Gasteiger partial charge in [0.1, 0.15) is 23.7 Å². The first-order valence-corrected chi connectivity index (χ1v) is 13.4. The highest BCUT2D eigenvalue weighted by Gasteiger charge is 2.21. The van der Waals surface area contributed by atoms with Gasteiger partial charge in [0.15, 0.2) is 28.9 Å². The van der Waals surface area contributed by atoms with E-state index < -0.39 is 35.0 Å². The molecule has 13 heteroatoms. The molecule has 0 aliphatic heterocycles. The van der Waals surface area contributed by atoms with E-state index in [0.29, 0.717) is 22.4 Å². The Balaban J connectivity index is 1.51. The fourth-order valence-corrected chi connectivity index (χ4v) is 3.98. The zero-order valence-electron chi connectivity index (χ0n) is 25.1. The number of pyridine rings is 2. The summed E-state index contributed by atoms with van der Waals surface area (Å²) in [5, 5.41) is 2.82. The van der Waals surface area contributed by atoms with E-state index in [2.05, 4.69) is 15.3 Å². The summed E-state index contributed by atoms with van der Waals surface area (Å²) >= 11 is 0. The molecule has 0 fully saturated rings. The Morgan fingerprint density at radius 3 is 2.27 bits per heavy atom. The fraction of sp³-hybridized carbons (Fsp3) is 0.290. The summed E-state index contributed by atoms with van der Waals surface area (Å²) in [4.78, 5) is 34.4. The monoisotopic (exact) mass is 610 g/mol. The highest BCUT2D eigenvalue weighted by Crippen LogP contribution is 2.38. The number of nitrogens with one attached hydrogen (secondary N) is 1. The van der Waals surface area contributed by atoms with Crippen LogP contribution in [0, 0.1) is 11.6 Å². The maximum atomic E-state index is 15.1. The number of methoxy groups -OCH3 is 2. The lowest BCUT2D eigenvalue weighted by atomic mass is 10.1. The van der Waals surface area contributed by atoms with Gasteiger partial charge in [-0.3, -0.25) is 14.8 Å². The molecule has 0 unspecified atom stereocenters. The first-order chi connectivity index (χ1) is 20.9. The van der Waals surface area contributed by atoms with E-state index in [1.807, 2.05) is 0 Å². The number of anilines is 1. The average Bonchev–Trinajstić information content (AvgIpc) is 2.97. The number of hydrogen-bond acceptors (Lipinski definition) is 9. The van der Waals surface area contributed by atoms with Crippen LogP contribution in [0.5, 0.6) is 28.7 Å². The van der Waals surface area contributed by atoms with Crippen molar-refractivity contribution in [3.8, 4) is 28.7 Å². The molecule has 232 valence electrons. The van der Waals surface area contributed by atoms with E-state index >= 15 is 8.78 Å². The van der Waals surface area contributed by atoms with Crippen LogP contribution < -0.4 is 24.3 Å². The molecular weight excluding hydrogens is 578 g/mol. The van der Waals surface area contributed by atoms with Crippen molar-refractivity contribution >= 4 is 28.6 Å². The minimum absolute atomic E-state index is 0.0896. The SMILES string of the molecule is COc1cc2c(Oc3c(F)cc(NC(=O)c4cnccc4OC)cc3F)ccnc2cc1OCCN(C)C(=O)OC(C)(C)C. The van der Waals surface area contributed by atoms with Gasteiger partial charge >= 0.3 is 6.09 Å². The van der Waals surface area contributed by atoms with Crippen molar-refractivity contribution in [2.24, 2.45) is 0 Å². The number of benzene rings is 2. The number of amides is 2. The molecule has 44 heavy (non-hydrogen) atoms. The summed E-state index contributed by atoms with van der Waals surface area (Å²) in [5.74, 6) is -2.46. The topological polar surface area (TPSA) is 121 Å². The van der Waals surface area contributed by atoms with Gasteiger partial charge in [-0.1, -0.05) is 0 Å². The van der Waals surface area contributed by atoms with Gasteiger partial charge in [-0.15, -0.1) is 0 Å². The summed E-state index contributed by atoms with van der Waals surface area (Å²) in [7, 11) is 4.42. The molecule has 0 aliphatic carbocycles. The molecule has 0 aliphatic rings. The highest BCUT2D eigenvalue weighted by atomic mass is 19.1. The third kappa shape index (κ3) is 7.60. The smallest absolute Gasteiger partial charge is 0.410 e. The maximum Gasteiger partial charge on any atom is 0.410 e. The van der Waals surface area contributed by atoms with E-state index in [1.54, 1.807) is 40.0 Å². The Bertz CT molecular complexity index is 1650. The molecule has 0 radical (unpaired) electrons. The van der Waals surface area contributed by atoms with E-state index in [-0.39, 0.29) is 35.9 Å². The Kier molecular flexibility index (Phi) is 9.67. The molecular formula is C31H32F2N4O7. The Morgan fingerprint density at radius 2 is 1.61 bits per heavy atom. The van der Waals surface area contributed by atoms with Crippen molar-refractivity contribution in [3.63, 3.8) is 0 Å². The largest absolute Gasteiger partial charge is 0.496 e. The van der Waals surface area contributed by atoms with Gasteiger partial charge < -0.3 is 33.9 Å². The molecule has 0 spiro atoms. The molecule has 11 nitrogen and oxygen atoms in total. The van der Waals surface area contributed by atoms with Crippen molar-refractivity contribution < 1.29 is 42.1 Å². The highest BCUT2D eigenvalue weighted by molar-refractivity contribution is 6.06. The van der Waals surface area contributed by atoms with E-state index in [0.717, 1.165) is 12.1 Å². The molecule has 0 bridgehead atoms. The van der Waals surface area contributed by atoms with Crippen LogP contribution in [0.4, 0.5) is 19.3 Å². The van der Waals surface area contributed by atoms with Gasteiger partial charge in [0.2, 0.25) is 0 Å². The lowest BCUT2D eigenvalue weighted by Gasteiger charge is -2.24. The van der Waals surface area contributed by atoms with Gasteiger partial charge in [-0.05, 0) is 39.0 Å². The second-order valence-electron chi connectivity index (χ2n) is 10.5. The summed E-state index contributed by atoms with van der Waals surface area (Å²) in [6.45, 7) is 5.69.